The fourth-order valence-corrected chi connectivity index (χ4v) is 8.67. The number of benzene rings is 8. The third kappa shape index (κ3) is 5.15. The first-order chi connectivity index (χ1) is 25.3. The molecule has 0 saturated carbocycles. The Hall–Kier alpha value is -6.24. The maximum atomic E-state index is 2.45. The zero-order valence-corrected chi connectivity index (χ0v) is 28.3. The average Bonchev–Trinajstić information content (AvgIpc) is 3.55. The molecule has 0 amide bonds. The molecule has 0 bridgehead atoms. The van der Waals surface area contributed by atoms with Crippen molar-refractivity contribution in [3.63, 3.8) is 0 Å². The SMILES string of the molecule is c1ccc(-c2ccc(C3c4ccccc4-c4cc(-c5ccc6c(c5)-c5ccccc5CC6c5cccc(-c6ccccc6)c5)ccc43)cc2)cc1. The van der Waals surface area contributed by atoms with Gasteiger partial charge in [0.2, 0.25) is 0 Å². The van der Waals surface area contributed by atoms with Crippen LogP contribution in [0.1, 0.15) is 45.2 Å². The highest BCUT2D eigenvalue weighted by atomic mass is 14.3. The standard InChI is InChI=1S/C51H36/c1-3-12-34(13-4-1)36-22-24-37(25-23-36)51-46-21-10-9-20-44(46)50-32-40(27-29-47(50)51)39-26-28-45-48(33-42-16-7-8-19-43(42)49(45)31-39)41-18-11-17-38(30-41)35-14-5-2-6-15-35/h1-32,48,51H,33H2. The maximum absolute atomic E-state index is 2.45. The van der Waals surface area contributed by atoms with Crippen molar-refractivity contribution in [2.75, 3.05) is 0 Å². The van der Waals surface area contributed by atoms with Gasteiger partial charge in [0.05, 0.1) is 0 Å². The van der Waals surface area contributed by atoms with Gasteiger partial charge in [0.1, 0.15) is 0 Å². The lowest BCUT2D eigenvalue weighted by atomic mass is 9.74. The summed E-state index contributed by atoms with van der Waals surface area (Å²) in [5.74, 6) is 0.520. The molecule has 2 atom stereocenters. The van der Waals surface area contributed by atoms with Gasteiger partial charge in [0.25, 0.3) is 0 Å². The van der Waals surface area contributed by atoms with Crippen molar-refractivity contribution in [2.24, 2.45) is 0 Å². The highest BCUT2D eigenvalue weighted by molar-refractivity contribution is 5.86. The summed E-state index contributed by atoms with van der Waals surface area (Å²) in [5, 5.41) is 0. The minimum Gasteiger partial charge on any atom is -0.0622 e. The lowest BCUT2D eigenvalue weighted by Gasteiger charge is -2.29. The molecule has 8 aromatic rings. The fourth-order valence-electron chi connectivity index (χ4n) is 8.67. The van der Waals surface area contributed by atoms with E-state index in [1.54, 1.807) is 0 Å². The molecule has 2 aliphatic rings. The molecule has 0 heteroatoms. The Labute approximate surface area is 300 Å². The van der Waals surface area contributed by atoms with Crippen molar-refractivity contribution < 1.29 is 0 Å². The van der Waals surface area contributed by atoms with Gasteiger partial charge >= 0.3 is 0 Å². The molecule has 0 radical (unpaired) electrons. The number of hydrogen-bond acceptors (Lipinski definition) is 0. The molecule has 0 N–H and O–H groups in total. The number of rotatable bonds is 5. The first-order valence-corrected chi connectivity index (χ1v) is 18.1. The summed E-state index contributed by atoms with van der Waals surface area (Å²) in [7, 11) is 0. The first kappa shape index (κ1) is 29.7. The molecule has 0 fully saturated rings. The van der Waals surface area contributed by atoms with Crippen LogP contribution in [0, 0.1) is 0 Å². The Balaban J connectivity index is 1.04. The summed E-state index contributed by atoms with van der Waals surface area (Å²) in [4.78, 5) is 0. The molecular formula is C51H36. The van der Waals surface area contributed by atoms with E-state index >= 15 is 0 Å². The van der Waals surface area contributed by atoms with Gasteiger partial charge in [-0.25, -0.2) is 0 Å². The third-order valence-electron chi connectivity index (χ3n) is 11.2. The molecule has 0 aliphatic heterocycles. The minimum absolute atomic E-state index is 0.220. The highest BCUT2D eigenvalue weighted by Gasteiger charge is 2.31. The lowest BCUT2D eigenvalue weighted by molar-refractivity contribution is 0.794. The van der Waals surface area contributed by atoms with Crippen LogP contribution in [0.5, 0.6) is 0 Å². The quantitative estimate of drug-likeness (QED) is 0.174. The Morgan fingerprint density at radius 1 is 0.294 bits per heavy atom. The van der Waals surface area contributed by atoms with E-state index in [1.165, 1.54) is 89.0 Å². The van der Waals surface area contributed by atoms with Gasteiger partial charge in [0, 0.05) is 11.8 Å². The molecule has 2 aliphatic carbocycles. The molecule has 10 rings (SSSR count). The third-order valence-corrected chi connectivity index (χ3v) is 11.2. The van der Waals surface area contributed by atoms with Crippen LogP contribution in [-0.2, 0) is 6.42 Å². The van der Waals surface area contributed by atoms with E-state index in [4.69, 9.17) is 0 Å². The van der Waals surface area contributed by atoms with Gasteiger partial charge in [-0.15, -0.1) is 0 Å². The Morgan fingerprint density at radius 2 is 0.804 bits per heavy atom. The van der Waals surface area contributed by atoms with Crippen LogP contribution in [0.4, 0.5) is 0 Å². The average molecular weight is 649 g/mol. The van der Waals surface area contributed by atoms with Gasteiger partial charge in [-0.1, -0.05) is 182 Å². The van der Waals surface area contributed by atoms with Crippen molar-refractivity contribution in [1.82, 2.24) is 0 Å². The topological polar surface area (TPSA) is 0 Å². The zero-order valence-electron chi connectivity index (χ0n) is 28.3. The van der Waals surface area contributed by atoms with E-state index in [0.29, 0.717) is 5.92 Å². The van der Waals surface area contributed by atoms with Gasteiger partial charge in [-0.05, 0) is 108 Å². The van der Waals surface area contributed by atoms with Crippen LogP contribution in [-0.4, -0.2) is 0 Å². The van der Waals surface area contributed by atoms with Crippen molar-refractivity contribution in [3.8, 4) is 55.6 Å². The summed E-state index contributed by atoms with van der Waals surface area (Å²) in [6.45, 7) is 0. The number of hydrogen-bond donors (Lipinski definition) is 0. The zero-order chi connectivity index (χ0) is 33.7. The lowest BCUT2D eigenvalue weighted by Crippen LogP contribution is -2.13. The summed E-state index contributed by atoms with van der Waals surface area (Å²) in [6.07, 6.45) is 1.00. The van der Waals surface area contributed by atoms with E-state index < -0.39 is 0 Å². The number of fused-ring (bicyclic) bond motifs is 6. The van der Waals surface area contributed by atoms with Crippen molar-refractivity contribution in [2.45, 2.75) is 18.3 Å². The van der Waals surface area contributed by atoms with E-state index in [-0.39, 0.29) is 5.92 Å². The van der Waals surface area contributed by atoms with Gasteiger partial charge in [0.15, 0.2) is 0 Å². The minimum atomic E-state index is 0.220. The monoisotopic (exact) mass is 648 g/mol. The summed E-state index contributed by atoms with van der Waals surface area (Å²) >= 11 is 0. The van der Waals surface area contributed by atoms with Crippen molar-refractivity contribution >= 4 is 0 Å². The van der Waals surface area contributed by atoms with Crippen molar-refractivity contribution in [3.05, 3.63) is 228 Å². The van der Waals surface area contributed by atoms with Crippen LogP contribution in [0.2, 0.25) is 0 Å². The normalized spacial score (nSPS) is 15.4. The van der Waals surface area contributed by atoms with Crippen LogP contribution in [0.25, 0.3) is 55.6 Å². The first-order valence-electron chi connectivity index (χ1n) is 18.1. The second-order valence-corrected chi connectivity index (χ2v) is 14.0. The van der Waals surface area contributed by atoms with Crippen LogP contribution in [0.15, 0.2) is 194 Å². The van der Waals surface area contributed by atoms with Gasteiger partial charge in [-0.2, -0.15) is 0 Å². The molecule has 0 aromatic heterocycles. The molecule has 8 aromatic carbocycles. The van der Waals surface area contributed by atoms with E-state index in [0.717, 1.165) is 6.42 Å². The largest absolute Gasteiger partial charge is 0.0622 e. The fraction of sp³-hybridized carbons (Fsp3) is 0.0588. The molecule has 0 saturated heterocycles. The summed E-state index contributed by atoms with van der Waals surface area (Å²) in [5.41, 5.74) is 21.2. The summed E-state index contributed by atoms with van der Waals surface area (Å²) < 4.78 is 0. The van der Waals surface area contributed by atoms with Gasteiger partial charge in [-0.3, -0.25) is 0 Å². The van der Waals surface area contributed by atoms with E-state index in [1.807, 2.05) is 0 Å². The van der Waals surface area contributed by atoms with Crippen molar-refractivity contribution in [1.29, 1.82) is 0 Å². The summed E-state index contributed by atoms with van der Waals surface area (Å²) in [6, 6.07) is 72.1. The molecule has 0 nitrogen and oxygen atoms in total. The van der Waals surface area contributed by atoms with Crippen LogP contribution < -0.4 is 0 Å². The second-order valence-electron chi connectivity index (χ2n) is 14.0. The Morgan fingerprint density at radius 3 is 1.55 bits per heavy atom. The molecule has 0 heterocycles. The van der Waals surface area contributed by atoms with Crippen LogP contribution in [0.3, 0.4) is 0 Å². The highest BCUT2D eigenvalue weighted by Crippen LogP contribution is 2.50. The molecule has 2 unspecified atom stereocenters. The van der Waals surface area contributed by atoms with E-state index in [9.17, 15) is 0 Å². The molecule has 0 spiro atoms. The predicted molar refractivity (Wildman–Crippen MR) is 213 cm³/mol. The van der Waals surface area contributed by atoms with Crippen LogP contribution >= 0.6 is 0 Å². The smallest absolute Gasteiger partial charge is 0.0352 e. The maximum Gasteiger partial charge on any atom is 0.0352 e. The Bertz CT molecular complexity index is 2540. The molecular weight excluding hydrogens is 613 g/mol. The van der Waals surface area contributed by atoms with Gasteiger partial charge < -0.3 is 0 Å². The van der Waals surface area contributed by atoms with E-state index in [2.05, 4.69) is 194 Å². The Kier molecular flexibility index (Phi) is 7.13. The molecule has 51 heavy (non-hydrogen) atoms. The molecule has 240 valence electrons. The second kappa shape index (κ2) is 12.3. The predicted octanol–water partition coefficient (Wildman–Crippen LogP) is 13.2.